The molecule has 0 atom stereocenters. The number of carbonyl (C=O) groups is 2. The Labute approximate surface area is 162 Å². The second kappa shape index (κ2) is 8.55. The number of hydrogen-bond donors (Lipinski definition) is 1. The summed E-state index contributed by atoms with van der Waals surface area (Å²) in [6.07, 6.45) is 2.72. The molecule has 2 N–H and O–H groups in total. The number of nitrogens with two attached hydrogens (primary N) is 1. The number of nitrogen functional groups attached to an aromatic ring is 1. The molecule has 2 heterocycles. The van der Waals surface area contributed by atoms with Gasteiger partial charge >= 0.3 is 11.9 Å². The third-order valence-electron chi connectivity index (χ3n) is 4.65. The van der Waals surface area contributed by atoms with Crippen molar-refractivity contribution in [3.05, 3.63) is 36.2 Å². The lowest BCUT2D eigenvalue weighted by Gasteiger charge is -2.32. The number of anilines is 2. The number of piperidine rings is 1. The second-order valence-electron chi connectivity index (χ2n) is 6.32. The van der Waals surface area contributed by atoms with Crippen molar-refractivity contribution in [3.63, 3.8) is 0 Å². The predicted octanol–water partition coefficient (Wildman–Crippen LogP) is 2.03. The fourth-order valence-corrected chi connectivity index (χ4v) is 3.09. The summed E-state index contributed by atoms with van der Waals surface area (Å²) in [7, 11) is 2.72. The van der Waals surface area contributed by atoms with Crippen LogP contribution in [0.15, 0.2) is 30.6 Å². The summed E-state index contributed by atoms with van der Waals surface area (Å²) in [5.74, 6) is 0.563. The van der Waals surface area contributed by atoms with E-state index in [1.165, 1.54) is 20.5 Å². The van der Waals surface area contributed by atoms with Crippen LogP contribution in [0.3, 0.4) is 0 Å². The van der Waals surface area contributed by atoms with Crippen LogP contribution in [0, 0.1) is 5.92 Å². The maximum absolute atomic E-state index is 11.7. The highest BCUT2D eigenvalue weighted by atomic mass is 16.5. The number of ether oxygens (including phenoxy) is 3. The topological polar surface area (TPSA) is 117 Å². The molecular weight excluding hydrogens is 364 g/mol. The van der Waals surface area contributed by atoms with Gasteiger partial charge in [0.2, 0.25) is 5.88 Å². The predicted molar refractivity (Wildman–Crippen MR) is 101 cm³/mol. The van der Waals surface area contributed by atoms with Gasteiger partial charge in [-0.05, 0) is 37.1 Å². The number of methoxy groups -OCH3 is 2. The fourth-order valence-electron chi connectivity index (χ4n) is 3.09. The molecule has 0 bridgehead atoms. The van der Waals surface area contributed by atoms with Crippen molar-refractivity contribution in [1.29, 1.82) is 0 Å². The number of nitrogens with zero attached hydrogens (tertiary/aromatic N) is 3. The molecule has 3 rings (SSSR count). The van der Waals surface area contributed by atoms with Crippen molar-refractivity contribution in [2.45, 2.75) is 12.8 Å². The van der Waals surface area contributed by atoms with Gasteiger partial charge in [0.15, 0.2) is 5.82 Å². The number of rotatable bonds is 5. The summed E-state index contributed by atoms with van der Waals surface area (Å²) in [6.45, 7) is 1.27. The molecule has 28 heavy (non-hydrogen) atoms. The van der Waals surface area contributed by atoms with E-state index in [0.717, 1.165) is 0 Å². The Hall–Kier alpha value is -3.36. The Morgan fingerprint density at radius 1 is 1.07 bits per heavy atom. The molecule has 1 aromatic carbocycles. The molecule has 0 aliphatic carbocycles. The molecule has 9 nitrogen and oxygen atoms in total. The van der Waals surface area contributed by atoms with E-state index in [0.29, 0.717) is 48.7 Å². The zero-order chi connectivity index (χ0) is 20.1. The molecule has 1 aromatic heterocycles. The van der Waals surface area contributed by atoms with Crippen LogP contribution in [-0.4, -0.2) is 49.2 Å². The standard InChI is InChI=1S/C19H22N4O5/c1-26-18(24)12-3-5-14(6-4-12)28-17-15(20)16(21-11-22-17)23-9-7-13(8-10-23)19(25)27-2/h3-6,11,13H,7-10,20H2,1-2H3. The molecule has 1 saturated heterocycles. The van der Waals surface area contributed by atoms with Gasteiger partial charge in [0.05, 0.1) is 25.7 Å². The first kappa shape index (κ1) is 19.4. The van der Waals surface area contributed by atoms with Crippen molar-refractivity contribution in [2.24, 2.45) is 5.92 Å². The Kier molecular flexibility index (Phi) is 5.93. The highest BCUT2D eigenvalue weighted by molar-refractivity contribution is 5.89. The molecule has 0 radical (unpaired) electrons. The average molecular weight is 386 g/mol. The van der Waals surface area contributed by atoms with E-state index in [4.69, 9.17) is 15.2 Å². The molecule has 1 fully saturated rings. The van der Waals surface area contributed by atoms with Gasteiger partial charge in [-0.1, -0.05) is 0 Å². The van der Waals surface area contributed by atoms with Gasteiger partial charge in [0.25, 0.3) is 0 Å². The van der Waals surface area contributed by atoms with E-state index in [2.05, 4.69) is 14.7 Å². The van der Waals surface area contributed by atoms with Gasteiger partial charge in [-0.15, -0.1) is 0 Å². The van der Waals surface area contributed by atoms with E-state index in [1.54, 1.807) is 24.3 Å². The maximum Gasteiger partial charge on any atom is 0.337 e. The summed E-state index contributed by atoms with van der Waals surface area (Å²) in [4.78, 5) is 33.6. The summed E-state index contributed by atoms with van der Waals surface area (Å²) in [5.41, 5.74) is 6.96. The minimum Gasteiger partial charge on any atom is -0.469 e. The summed E-state index contributed by atoms with van der Waals surface area (Å²) < 4.78 is 15.2. The van der Waals surface area contributed by atoms with Gasteiger partial charge in [-0.2, -0.15) is 4.98 Å². The van der Waals surface area contributed by atoms with Crippen molar-refractivity contribution in [2.75, 3.05) is 37.9 Å². The molecule has 9 heteroatoms. The number of aromatic nitrogens is 2. The Balaban J connectivity index is 1.71. The first-order valence-electron chi connectivity index (χ1n) is 8.83. The molecule has 0 spiro atoms. The maximum atomic E-state index is 11.7. The lowest BCUT2D eigenvalue weighted by Crippen LogP contribution is -2.37. The molecule has 2 aromatic rings. The quantitative estimate of drug-likeness (QED) is 0.770. The number of esters is 2. The van der Waals surface area contributed by atoms with Crippen LogP contribution in [0.25, 0.3) is 0 Å². The third-order valence-corrected chi connectivity index (χ3v) is 4.65. The summed E-state index contributed by atoms with van der Waals surface area (Å²) in [5, 5.41) is 0. The van der Waals surface area contributed by atoms with Crippen molar-refractivity contribution in [1.82, 2.24) is 9.97 Å². The molecule has 0 amide bonds. The Morgan fingerprint density at radius 3 is 2.36 bits per heavy atom. The first-order valence-corrected chi connectivity index (χ1v) is 8.83. The number of carbonyl (C=O) groups excluding carboxylic acids is 2. The largest absolute Gasteiger partial charge is 0.469 e. The highest BCUT2D eigenvalue weighted by Crippen LogP contribution is 2.33. The highest BCUT2D eigenvalue weighted by Gasteiger charge is 2.27. The smallest absolute Gasteiger partial charge is 0.337 e. The zero-order valence-corrected chi connectivity index (χ0v) is 15.8. The molecule has 1 aliphatic rings. The Morgan fingerprint density at radius 2 is 1.75 bits per heavy atom. The van der Waals surface area contributed by atoms with E-state index in [1.807, 2.05) is 4.90 Å². The van der Waals surface area contributed by atoms with Gasteiger partial charge in [-0.25, -0.2) is 9.78 Å². The van der Waals surface area contributed by atoms with E-state index < -0.39 is 5.97 Å². The van der Waals surface area contributed by atoms with E-state index >= 15 is 0 Å². The van der Waals surface area contributed by atoms with Crippen molar-refractivity contribution < 1.29 is 23.8 Å². The van der Waals surface area contributed by atoms with Gasteiger partial charge in [0.1, 0.15) is 17.8 Å². The van der Waals surface area contributed by atoms with E-state index in [9.17, 15) is 9.59 Å². The van der Waals surface area contributed by atoms with Gasteiger partial charge < -0.3 is 24.8 Å². The van der Waals surface area contributed by atoms with Gasteiger partial charge in [-0.3, -0.25) is 4.79 Å². The minimum atomic E-state index is -0.425. The van der Waals surface area contributed by atoms with Crippen LogP contribution < -0.4 is 15.4 Å². The second-order valence-corrected chi connectivity index (χ2v) is 6.32. The molecular formula is C19H22N4O5. The van der Waals surface area contributed by atoms with Crippen LogP contribution in [0.2, 0.25) is 0 Å². The van der Waals surface area contributed by atoms with Crippen LogP contribution >= 0.6 is 0 Å². The molecule has 0 unspecified atom stereocenters. The van der Waals surface area contributed by atoms with Crippen LogP contribution in [0.4, 0.5) is 11.5 Å². The van der Waals surface area contributed by atoms with Crippen LogP contribution in [0.5, 0.6) is 11.6 Å². The molecule has 1 aliphatic heterocycles. The van der Waals surface area contributed by atoms with E-state index in [-0.39, 0.29) is 17.8 Å². The van der Waals surface area contributed by atoms with Gasteiger partial charge in [0, 0.05) is 13.1 Å². The third kappa shape index (κ3) is 4.13. The zero-order valence-electron chi connectivity index (χ0n) is 15.8. The number of hydrogen-bond acceptors (Lipinski definition) is 9. The minimum absolute atomic E-state index is 0.103. The summed E-state index contributed by atoms with van der Waals surface area (Å²) >= 11 is 0. The first-order chi connectivity index (χ1) is 13.5. The fraction of sp³-hybridized carbons (Fsp3) is 0.368. The number of benzene rings is 1. The Bertz CT molecular complexity index is 848. The lowest BCUT2D eigenvalue weighted by molar-refractivity contribution is -0.146. The molecule has 148 valence electrons. The lowest BCUT2D eigenvalue weighted by atomic mass is 9.97. The van der Waals surface area contributed by atoms with Crippen molar-refractivity contribution >= 4 is 23.4 Å². The van der Waals surface area contributed by atoms with Crippen LogP contribution in [0.1, 0.15) is 23.2 Å². The molecule has 0 saturated carbocycles. The monoisotopic (exact) mass is 386 g/mol. The SMILES string of the molecule is COC(=O)c1ccc(Oc2ncnc(N3CCC(C(=O)OC)CC3)c2N)cc1. The van der Waals surface area contributed by atoms with Crippen molar-refractivity contribution in [3.8, 4) is 11.6 Å². The normalized spacial score (nSPS) is 14.4. The van der Waals surface area contributed by atoms with Crippen LogP contribution in [-0.2, 0) is 14.3 Å². The summed E-state index contributed by atoms with van der Waals surface area (Å²) in [6, 6.07) is 6.46. The average Bonchev–Trinajstić information content (AvgIpc) is 2.74.